The summed E-state index contributed by atoms with van der Waals surface area (Å²) in [4.78, 5) is 25.1. The second kappa shape index (κ2) is 41.5. The number of esters is 2. The molecule has 0 fully saturated rings. The zero-order valence-corrected chi connectivity index (χ0v) is 33.4. The molecule has 5 nitrogen and oxygen atoms in total. The van der Waals surface area contributed by atoms with Crippen LogP contribution in [0.1, 0.15) is 213 Å². The third-order valence-electron chi connectivity index (χ3n) is 9.19. The van der Waals surface area contributed by atoms with E-state index >= 15 is 0 Å². The van der Waals surface area contributed by atoms with Gasteiger partial charge in [0.2, 0.25) is 0 Å². The molecule has 50 heavy (non-hydrogen) atoms. The maximum Gasteiger partial charge on any atom is 0.306 e. The summed E-state index contributed by atoms with van der Waals surface area (Å²) in [6, 6.07) is 0. The Morgan fingerprint density at radius 3 is 1.44 bits per heavy atom. The van der Waals surface area contributed by atoms with Crippen LogP contribution in [0.2, 0.25) is 0 Å². The van der Waals surface area contributed by atoms with Crippen molar-refractivity contribution in [2.45, 2.75) is 219 Å². The highest BCUT2D eigenvalue weighted by molar-refractivity contribution is 5.70. The van der Waals surface area contributed by atoms with Crippen LogP contribution in [0.25, 0.3) is 0 Å². The van der Waals surface area contributed by atoms with Crippen molar-refractivity contribution in [1.29, 1.82) is 0 Å². The molecule has 0 aromatic carbocycles. The molecule has 0 amide bonds. The predicted octanol–water partition coefficient (Wildman–Crippen LogP) is 13.9. The van der Waals surface area contributed by atoms with Gasteiger partial charge in [-0.1, -0.05) is 186 Å². The normalized spacial score (nSPS) is 12.5. The lowest BCUT2D eigenvalue weighted by Gasteiger charge is -2.18. The number of ether oxygens (including phenoxy) is 3. The van der Waals surface area contributed by atoms with Gasteiger partial charge in [-0.05, 0) is 51.4 Å². The largest absolute Gasteiger partial charge is 0.462 e. The van der Waals surface area contributed by atoms with Crippen molar-refractivity contribution < 1.29 is 23.8 Å². The zero-order chi connectivity index (χ0) is 36.4. The lowest BCUT2D eigenvalue weighted by molar-refractivity contribution is -0.163. The Hall–Kier alpha value is -1.88. The van der Waals surface area contributed by atoms with E-state index in [-0.39, 0.29) is 25.2 Å². The van der Waals surface area contributed by atoms with Gasteiger partial charge in [0.15, 0.2) is 6.10 Å². The van der Waals surface area contributed by atoms with E-state index in [1.54, 1.807) is 0 Å². The molecule has 0 saturated heterocycles. The Morgan fingerprint density at radius 1 is 0.460 bits per heavy atom. The average molecular weight is 703 g/mol. The summed E-state index contributed by atoms with van der Waals surface area (Å²) in [6.45, 7) is 7.67. The van der Waals surface area contributed by atoms with Gasteiger partial charge < -0.3 is 14.2 Å². The van der Waals surface area contributed by atoms with Crippen LogP contribution in [0.3, 0.4) is 0 Å². The molecule has 292 valence electrons. The van der Waals surface area contributed by atoms with Crippen LogP contribution in [0.4, 0.5) is 0 Å². The van der Waals surface area contributed by atoms with E-state index in [1.807, 2.05) is 0 Å². The number of rotatable bonds is 39. The minimum absolute atomic E-state index is 0.0837. The highest BCUT2D eigenvalue weighted by Gasteiger charge is 2.17. The molecule has 0 rings (SSSR count). The maximum atomic E-state index is 12.6. The van der Waals surface area contributed by atoms with Gasteiger partial charge in [0.25, 0.3) is 0 Å². The first-order chi connectivity index (χ1) is 24.6. The number of carbonyl (C=O) groups is 2. The molecule has 0 aromatic rings. The van der Waals surface area contributed by atoms with E-state index in [9.17, 15) is 9.59 Å². The fraction of sp³-hybridized carbons (Fsp3) is 0.822. The van der Waals surface area contributed by atoms with Crippen LogP contribution in [0, 0.1) is 0 Å². The van der Waals surface area contributed by atoms with Crippen molar-refractivity contribution >= 4 is 11.9 Å². The average Bonchev–Trinajstić information content (AvgIpc) is 3.11. The molecule has 0 aliphatic heterocycles. The van der Waals surface area contributed by atoms with Crippen LogP contribution < -0.4 is 0 Å². The number of hydrogen-bond acceptors (Lipinski definition) is 5. The van der Waals surface area contributed by atoms with Gasteiger partial charge in [0, 0.05) is 19.4 Å². The molecule has 0 aliphatic rings. The standard InChI is InChI=1S/C45H82O5/c1-4-7-10-13-16-18-20-21-22-23-24-25-27-28-30-32-35-38-44(46)49-42-43(41-48-40-37-34-15-12-9-6-3)50-45(47)39-36-33-31-29-26-19-17-14-11-8-5-2/h7,10,16,18,21-22,43H,4-6,8-9,11-15,17,19-20,23-42H2,1-3H3/b10-7-,18-16-,22-21-. The Morgan fingerprint density at radius 2 is 0.900 bits per heavy atom. The summed E-state index contributed by atoms with van der Waals surface area (Å²) in [7, 11) is 0. The first kappa shape index (κ1) is 48.1. The number of allylic oxidation sites excluding steroid dienone is 6. The molecule has 0 radical (unpaired) electrons. The second-order valence-electron chi connectivity index (χ2n) is 14.2. The number of hydrogen-bond donors (Lipinski definition) is 0. The van der Waals surface area contributed by atoms with Crippen molar-refractivity contribution in [3.8, 4) is 0 Å². The van der Waals surface area contributed by atoms with Gasteiger partial charge in [-0.2, -0.15) is 0 Å². The van der Waals surface area contributed by atoms with Crippen LogP contribution in [-0.4, -0.2) is 37.9 Å². The predicted molar refractivity (Wildman–Crippen MR) is 215 cm³/mol. The molecular formula is C45H82O5. The van der Waals surface area contributed by atoms with Crippen molar-refractivity contribution in [2.75, 3.05) is 19.8 Å². The lowest BCUT2D eigenvalue weighted by Crippen LogP contribution is -2.30. The van der Waals surface area contributed by atoms with E-state index < -0.39 is 6.10 Å². The van der Waals surface area contributed by atoms with Crippen molar-refractivity contribution in [3.05, 3.63) is 36.5 Å². The SMILES string of the molecule is CC/C=C\C/C=C\C/C=C\CCCCCCCCCC(=O)OCC(COCCCCCCCC)OC(=O)CCCCCCCCCCCCC. The van der Waals surface area contributed by atoms with Crippen LogP contribution in [-0.2, 0) is 23.8 Å². The molecule has 1 atom stereocenters. The van der Waals surface area contributed by atoms with Crippen molar-refractivity contribution in [1.82, 2.24) is 0 Å². The Balaban J connectivity index is 4.11. The molecular weight excluding hydrogens is 620 g/mol. The van der Waals surface area contributed by atoms with Crippen molar-refractivity contribution in [2.24, 2.45) is 0 Å². The van der Waals surface area contributed by atoms with Gasteiger partial charge in [0.05, 0.1) is 6.61 Å². The minimum atomic E-state index is -0.529. The minimum Gasteiger partial charge on any atom is -0.462 e. The summed E-state index contributed by atoms with van der Waals surface area (Å²) in [6.07, 6.45) is 47.2. The lowest BCUT2D eigenvalue weighted by atomic mass is 10.1. The van der Waals surface area contributed by atoms with Crippen molar-refractivity contribution in [3.63, 3.8) is 0 Å². The van der Waals surface area contributed by atoms with Crippen LogP contribution >= 0.6 is 0 Å². The molecule has 0 bridgehead atoms. The fourth-order valence-electron chi connectivity index (χ4n) is 5.99. The van der Waals surface area contributed by atoms with Gasteiger partial charge in [-0.25, -0.2) is 0 Å². The summed E-state index contributed by atoms with van der Waals surface area (Å²) < 4.78 is 17.2. The smallest absolute Gasteiger partial charge is 0.306 e. The molecule has 0 spiro atoms. The monoisotopic (exact) mass is 703 g/mol. The van der Waals surface area contributed by atoms with E-state index in [0.29, 0.717) is 19.4 Å². The van der Waals surface area contributed by atoms with Crippen LogP contribution in [0.5, 0.6) is 0 Å². The molecule has 1 unspecified atom stereocenters. The van der Waals surface area contributed by atoms with Crippen LogP contribution in [0.15, 0.2) is 36.5 Å². The Bertz CT molecular complexity index is 801. The van der Waals surface area contributed by atoms with E-state index in [0.717, 1.165) is 70.6 Å². The van der Waals surface area contributed by atoms with Gasteiger partial charge in [-0.15, -0.1) is 0 Å². The molecule has 0 saturated carbocycles. The van der Waals surface area contributed by atoms with Gasteiger partial charge in [0.1, 0.15) is 6.61 Å². The molecule has 0 aromatic heterocycles. The highest BCUT2D eigenvalue weighted by Crippen LogP contribution is 2.14. The molecule has 5 heteroatoms. The summed E-state index contributed by atoms with van der Waals surface area (Å²) >= 11 is 0. The summed E-state index contributed by atoms with van der Waals surface area (Å²) in [5.41, 5.74) is 0. The molecule has 0 aliphatic carbocycles. The van der Waals surface area contributed by atoms with E-state index in [4.69, 9.17) is 14.2 Å². The van der Waals surface area contributed by atoms with E-state index in [1.165, 1.54) is 109 Å². The topological polar surface area (TPSA) is 61.8 Å². The quantitative estimate of drug-likeness (QED) is 0.0362. The summed E-state index contributed by atoms with van der Waals surface area (Å²) in [5.74, 6) is -0.407. The molecule has 0 heterocycles. The first-order valence-electron chi connectivity index (χ1n) is 21.5. The first-order valence-corrected chi connectivity index (χ1v) is 21.5. The summed E-state index contributed by atoms with van der Waals surface area (Å²) in [5, 5.41) is 0. The third kappa shape index (κ3) is 38.9. The Labute approximate surface area is 310 Å². The Kier molecular flexibility index (Phi) is 40.0. The number of unbranched alkanes of at least 4 members (excludes halogenated alkanes) is 22. The molecule has 0 N–H and O–H groups in total. The number of carbonyl (C=O) groups excluding carboxylic acids is 2. The maximum absolute atomic E-state index is 12.6. The fourth-order valence-corrected chi connectivity index (χ4v) is 5.99. The van der Waals surface area contributed by atoms with Gasteiger partial charge in [-0.3, -0.25) is 9.59 Å². The van der Waals surface area contributed by atoms with Gasteiger partial charge >= 0.3 is 11.9 Å². The highest BCUT2D eigenvalue weighted by atomic mass is 16.6. The van der Waals surface area contributed by atoms with E-state index in [2.05, 4.69) is 57.2 Å². The third-order valence-corrected chi connectivity index (χ3v) is 9.19. The second-order valence-corrected chi connectivity index (χ2v) is 14.2. The zero-order valence-electron chi connectivity index (χ0n) is 33.4.